The molecule has 1 saturated heterocycles. The molecule has 5 rings (SSSR count). The van der Waals surface area contributed by atoms with Crippen LogP contribution in [0.15, 0.2) is 55.6 Å². The molecule has 2 aliphatic rings. The second kappa shape index (κ2) is 9.96. The van der Waals surface area contributed by atoms with E-state index in [2.05, 4.69) is 57.0 Å². The van der Waals surface area contributed by atoms with Crippen LogP contribution in [0.2, 0.25) is 0 Å². The Balaban J connectivity index is 1.35. The minimum absolute atomic E-state index is 0.00277. The topological polar surface area (TPSA) is 91.8 Å². The van der Waals surface area contributed by atoms with Gasteiger partial charge in [-0.15, -0.1) is 21.6 Å². The number of hydrogen-bond acceptors (Lipinski definition) is 7. The molecular weight excluding hydrogens is 554 g/mol. The minimum atomic E-state index is -0.582. The zero-order valence-electron chi connectivity index (χ0n) is 21.6. The van der Waals surface area contributed by atoms with Crippen LogP contribution in [-0.2, 0) is 16.3 Å². The summed E-state index contributed by atoms with van der Waals surface area (Å²) in [4.78, 5) is 21.0. The molecule has 3 aromatic rings. The van der Waals surface area contributed by atoms with Crippen molar-refractivity contribution < 1.29 is 14.7 Å². The fraction of sp³-hybridized carbons (Fsp3) is 0.481. The fourth-order valence-electron chi connectivity index (χ4n) is 6.31. The van der Waals surface area contributed by atoms with E-state index < -0.39 is 5.91 Å². The lowest BCUT2D eigenvalue weighted by atomic mass is 9.65. The van der Waals surface area contributed by atoms with Crippen LogP contribution in [0.25, 0.3) is 10.9 Å². The van der Waals surface area contributed by atoms with Crippen LogP contribution in [0.1, 0.15) is 51.8 Å². The lowest BCUT2D eigenvalue weighted by Crippen LogP contribution is -2.35. The Hall–Kier alpha value is -2.56. The number of thiophene rings is 1. The zero-order valence-corrected chi connectivity index (χ0v) is 24.0. The van der Waals surface area contributed by atoms with Gasteiger partial charge in [-0.2, -0.15) is 0 Å². The number of nitrogens with zero attached hydrogens (tertiary/aromatic N) is 5. The average Bonchev–Trinajstić information content (AvgIpc) is 3.49. The Morgan fingerprint density at radius 1 is 1.27 bits per heavy atom. The van der Waals surface area contributed by atoms with Gasteiger partial charge in [-0.05, 0) is 66.7 Å². The van der Waals surface area contributed by atoms with Gasteiger partial charge in [0.25, 0.3) is 0 Å². The van der Waals surface area contributed by atoms with Crippen LogP contribution in [0, 0.1) is 10.8 Å². The number of hydrogen-bond donors (Lipinski definition) is 1. The summed E-state index contributed by atoms with van der Waals surface area (Å²) in [5.41, 5.74) is 2.41. The fourth-order valence-corrected chi connectivity index (χ4v) is 7.34. The quantitative estimate of drug-likeness (QED) is 0.182. The number of fused-ring (bicyclic) bond motifs is 3. The van der Waals surface area contributed by atoms with Gasteiger partial charge in [-0.3, -0.25) is 14.3 Å². The molecule has 1 aliphatic carbocycles. The maximum atomic E-state index is 12.3. The van der Waals surface area contributed by atoms with E-state index in [9.17, 15) is 9.90 Å². The molecule has 1 N–H and O–H groups in total. The zero-order chi connectivity index (χ0) is 26.4. The molecule has 0 spiro atoms. The first-order chi connectivity index (χ1) is 17.5. The number of carbonyl (C=O) groups excluding carboxylic acids is 1. The van der Waals surface area contributed by atoms with Gasteiger partial charge in [0.15, 0.2) is 12.3 Å². The van der Waals surface area contributed by atoms with Crippen molar-refractivity contribution in [1.82, 2.24) is 9.47 Å². The summed E-state index contributed by atoms with van der Waals surface area (Å²) in [5, 5.41) is 25.9. The third-order valence-electron chi connectivity index (χ3n) is 7.35. The van der Waals surface area contributed by atoms with E-state index in [-0.39, 0.29) is 23.6 Å². The Labute approximate surface area is 229 Å². The van der Waals surface area contributed by atoms with Gasteiger partial charge in [0.1, 0.15) is 0 Å². The van der Waals surface area contributed by atoms with Crippen LogP contribution in [0.5, 0.6) is 5.88 Å². The predicted molar refractivity (Wildman–Crippen MR) is 150 cm³/mol. The minimum Gasteiger partial charge on any atom is -0.493 e. The summed E-state index contributed by atoms with van der Waals surface area (Å²) in [6.45, 7) is 10.1. The monoisotopic (exact) mass is 585 g/mol. The molecule has 8 nitrogen and oxygen atoms in total. The van der Waals surface area contributed by atoms with Gasteiger partial charge >= 0.3 is 5.91 Å². The standard InChI is InChI=1S/C27H32BrN5O3S/c1-17(22-6-5-9-37-22)31-36-13-23(34)29-30-24-20-10-18(28)7-8-21(20)33(25(24)35)16-32-15-27(4)12-19(32)11-26(2,3)14-27/h5-10,19,35H,11-16H2,1-4H3/b30-29?,31-17-/t19-,27+/m0/s1. The van der Waals surface area contributed by atoms with Gasteiger partial charge in [0.05, 0.1) is 22.8 Å². The van der Waals surface area contributed by atoms with Crippen LogP contribution in [-0.4, -0.2) is 45.4 Å². The molecule has 2 aromatic heterocycles. The van der Waals surface area contributed by atoms with Crippen molar-refractivity contribution in [3.05, 3.63) is 45.1 Å². The van der Waals surface area contributed by atoms with Crippen molar-refractivity contribution in [1.29, 1.82) is 0 Å². The normalized spacial score (nSPS) is 23.8. The van der Waals surface area contributed by atoms with Crippen molar-refractivity contribution in [2.45, 2.75) is 59.7 Å². The predicted octanol–water partition coefficient (Wildman–Crippen LogP) is 7.08. The number of oxime groups is 1. The van der Waals surface area contributed by atoms with E-state index in [1.54, 1.807) is 11.3 Å². The Bertz CT molecular complexity index is 1380. The molecule has 1 amide bonds. The largest absolute Gasteiger partial charge is 0.493 e. The number of halogens is 1. The lowest BCUT2D eigenvalue weighted by molar-refractivity contribution is -0.122. The lowest BCUT2D eigenvalue weighted by Gasteiger charge is -2.40. The Kier molecular flexibility index (Phi) is 7.02. The Morgan fingerprint density at radius 2 is 2.08 bits per heavy atom. The van der Waals surface area contributed by atoms with Gasteiger partial charge in [0, 0.05) is 22.4 Å². The summed E-state index contributed by atoms with van der Waals surface area (Å²) in [6.07, 6.45) is 3.53. The van der Waals surface area contributed by atoms with Crippen molar-refractivity contribution in [3.8, 4) is 5.88 Å². The van der Waals surface area contributed by atoms with Crippen LogP contribution < -0.4 is 0 Å². The number of aromatic nitrogens is 1. The van der Waals surface area contributed by atoms with Crippen molar-refractivity contribution in [2.75, 3.05) is 13.2 Å². The van der Waals surface area contributed by atoms with E-state index >= 15 is 0 Å². The molecule has 3 heterocycles. The molecular formula is C27H32BrN5O3S. The molecule has 10 heteroatoms. The van der Waals surface area contributed by atoms with E-state index in [1.807, 2.05) is 47.2 Å². The number of azo groups is 1. The van der Waals surface area contributed by atoms with E-state index in [4.69, 9.17) is 4.84 Å². The third kappa shape index (κ3) is 5.51. The van der Waals surface area contributed by atoms with Crippen molar-refractivity contribution in [2.24, 2.45) is 26.2 Å². The summed E-state index contributed by atoms with van der Waals surface area (Å²) in [6, 6.07) is 10.1. The van der Waals surface area contributed by atoms with Gasteiger partial charge in [-0.25, -0.2) is 0 Å². The van der Waals surface area contributed by atoms with Gasteiger partial charge < -0.3 is 9.94 Å². The molecule has 1 aromatic carbocycles. The van der Waals surface area contributed by atoms with Crippen molar-refractivity contribution >= 4 is 55.5 Å². The highest BCUT2D eigenvalue weighted by atomic mass is 79.9. The number of rotatable bonds is 7. The SMILES string of the molecule is C/C(=N/OCC(=O)N=Nc1c(O)n(CN2C[C@]3(C)C[C@@H]2CC(C)(C)C3)c2ccc(Br)cc12)c1cccs1. The number of amides is 1. The van der Waals surface area contributed by atoms with Crippen LogP contribution >= 0.6 is 27.3 Å². The molecule has 1 saturated carbocycles. The highest BCUT2D eigenvalue weighted by Crippen LogP contribution is 2.53. The summed E-state index contributed by atoms with van der Waals surface area (Å²) in [7, 11) is 0. The number of aromatic hydroxyl groups is 1. The first-order valence-electron chi connectivity index (χ1n) is 12.4. The third-order valence-corrected chi connectivity index (χ3v) is 8.82. The second-order valence-corrected chi connectivity index (χ2v) is 13.2. The summed E-state index contributed by atoms with van der Waals surface area (Å²) >= 11 is 5.06. The molecule has 0 unspecified atom stereocenters. The molecule has 37 heavy (non-hydrogen) atoms. The first kappa shape index (κ1) is 26.1. The van der Waals surface area contributed by atoms with Gasteiger partial charge in [0.2, 0.25) is 5.88 Å². The maximum Gasteiger partial charge on any atom is 0.304 e. The maximum absolute atomic E-state index is 12.3. The first-order valence-corrected chi connectivity index (χ1v) is 14.1. The summed E-state index contributed by atoms with van der Waals surface area (Å²) < 4.78 is 2.73. The van der Waals surface area contributed by atoms with E-state index in [0.29, 0.717) is 23.8 Å². The van der Waals surface area contributed by atoms with E-state index in [1.165, 1.54) is 12.8 Å². The van der Waals surface area contributed by atoms with Crippen LogP contribution in [0.3, 0.4) is 0 Å². The van der Waals surface area contributed by atoms with E-state index in [0.717, 1.165) is 33.2 Å². The molecule has 0 radical (unpaired) electrons. The molecule has 2 bridgehead atoms. The number of benzene rings is 1. The van der Waals surface area contributed by atoms with Crippen LogP contribution in [0.4, 0.5) is 5.69 Å². The smallest absolute Gasteiger partial charge is 0.304 e. The molecule has 2 fully saturated rings. The molecule has 196 valence electrons. The number of likely N-dealkylation sites (tertiary alicyclic amines) is 1. The number of carbonyl (C=O) groups is 1. The Morgan fingerprint density at radius 3 is 2.84 bits per heavy atom. The highest BCUT2D eigenvalue weighted by Gasteiger charge is 2.49. The molecule has 2 atom stereocenters. The van der Waals surface area contributed by atoms with Gasteiger partial charge in [-0.1, -0.05) is 47.9 Å². The second-order valence-electron chi connectivity index (χ2n) is 11.4. The molecule has 1 aliphatic heterocycles. The average molecular weight is 587 g/mol. The highest BCUT2D eigenvalue weighted by molar-refractivity contribution is 9.10. The van der Waals surface area contributed by atoms with Crippen molar-refractivity contribution in [3.63, 3.8) is 0 Å². The summed E-state index contributed by atoms with van der Waals surface area (Å²) in [5.74, 6) is -0.579.